The van der Waals surface area contributed by atoms with Crippen LogP contribution in [0.5, 0.6) is 11.5 Å². The van der Waals surface area contributed by atoms with Gasteiger partial charge in [0.1, 0.15) is 0 Å². The highest BCUT2D eigenvalue weighted by molar-refractivity contribution is 5.45. The predicted octanol–water partition coefficient (Wildman–Crippen LogP) is 3.29. The molecule has 1 aromatic rings. The van der Waals surface area contributed by atoms with Gasteiger partial charge < -0.3 is 14.2 Å². The minimum Gasteiger partial charge on any atom is -0.454 e. The SMILES string of the molecule is CC[C@H]1O[C@@H](c2ccc3c(c2)OCO3)CC1C. The van der Waals surface area contributed by atoms with Gasteiger partial charge in [-0.1, -0.05) is 19.9 Å². The fourth-order valence-electron chi connectivity index (χ4n) is 2.72. The molecule has 1 fully saturated rings. The molecule has 0 aliphatic carbocycles. The summed E-state index contributed by atoms with van der Waals surface area (Å²) in [5, 5.41) is 0. The average Bonchev–Trinajstić information content (AvgIpc) is 2.93. The number of ether oxygens (including phenoxy) is 3. The van der Waals surface area contributed by atoms with E-state index in [2.05, 4.69) is 26.0 Å². The second kappa shape index (κ2) is 4.22. The maximum Gasteiger partial charge on any atom is 0.231 e. The minimum atomic E-state index is 0.212. The summed E-state index contributed by atoms with van der Waals surface area (Å²) in [4.78, 5) is 0. The minimum absolute atomic E-state index is 0.212. The summed E-state index contributed by atoms with van der Waals surface area (Å²) in [6.45, 7) is 4.78. The number of hydrogen-bond acceptors (Lipinski definition) is 3. The van der Waals surface area contributed by atoms with Crippen LogP contribution < -0.4 is 9.47 Å². The number of fused-ring (bicyclic) bond motifs is 1. The largest absolute Gasteiger partial charge is 0.454 e. The highest BCUT2D eigenvalue weighted by Gasteiger charge is 2.32. The van der Waals surface area contributed by atoms with Crippen LogP contribution in [0.3, 0.4) is 0 Å². The van der Waals surface area contributed by atoms with Crippen molar-refractivity contribution in [3.05, 3.63) is 23.8 Å². The molecule has 0 saturated carbocycles. The second-order valence-electron chi connectivity index (χ2n) is 4.90. The third-order valence-corrected chi connectivity index (χ3v) is 3.73. The van der Waals surface area contributed by atoms with Crippen molar-refractivity contribution in [2.24, 2.45) is 5.92 Å². The molecule has 0 aromatic heterocycles. The molecule has 92 valence electrons. The Bertz CT molecular complexity index is 416. The second-order valence-corrected chi connectivity index (χ2v) is 4.90. The summed E-state index contributed by atoms with van der Waals surface area (Å²) in [7, 11) is 0. The highest BCUT2D eigenvalue weighted by atomic mass is 16.7. The van der Waals surface area contributed by atoms with E-state index in [-0.39, 0.29) is 6.10 Å². The molecule has 0 bridgehead atoms. The first kappa shape index (κ1) is 10.9. The lowest BCUT2D eigenvalue weighted by atomic mass is 9.97. The smallest absolute Gasteiger partial charge is 0.231 e. The van der Waals surface area contributed by atoms with Crippen molar-refractivity contribution < 1.29 is 14.2 Å². The Labute approximate surface area is 102 Å². The van der Waals surface area contributed by atoms with Gasteiger partial charge >= 0.3 is 0 Å². The Hall–Kier alpha value is -1.22. The van der Waals surface area contributed by atoms with E-state index < -0.39 is 0 Å². The number of hydrogen-bond donors (Lipinski definition) is 0. The third kappa shape index (κ3) is 1.89. The zero-order valence-electron chi connectivity index (χ0n) is 10.3. The Kier molecular flexibility index (Phi) is 2.71. The fraction of sp³-hybridized carbons (Fsp3) is 0.571. The van der Waals surface area contributed by atoms with E-state index in [1.165, 1.54) is 5.56 Å². The zero-order chi connectivity index (χ0) is 11.8. The average molecular weight is 234 g/mol. The van der Waals surface area contributed by atoms with E-state index in [1.807, 2.05) is 6.07 Å². The lowest BCUT2D eigenvalue weighted by Gasteiger charge is -2.13. The summed E-state index contributed by atoms with van der Waals surface area (Å²) in [6.07, 6.45) is 2.79. The Morgan fingerprint density at radius 1 is 1.24 bits per heavy atom. The molecule has 3 heteroatoms. The van der Waals surface area contributed by atoms with E-state index >= 15 is 0 Å². The van der Waals surface area contributed by atoms with Gasteiger partial charge in [0.2, 0.25) is 6.79 Å². The molecule has 1 saturated heterocycles. The first-order valence-electron chi connectivity index (χ1n) is 6.33. The molecule has 0 N–H and O–H groups in total. The van der Waals surface area contributed by atoms with Gasteiger partial charge in [0.05, 0.1) is 12.2 Å². The van der Waals surface area contributed by atoms with Crippen molar-refractivity contribution in [3.63, 3.8) is 0 Å². The molecule has 0 amide bonds. The summed E-state index contributed by atoms with van der Waals surface area (Å²) >= 11 is 0. The van der Waals surface area contributed by atoms with Crippen LogP contribution in [0.1, 0.15) is 38.4 Å². The van der Waals surface area contributed by atoms with Crippen molar-refractivity contribution >= 4 is 0 Å². The lowest BCUT2D eigenvalue weighted by molar-refractivity contribution is 0.0335. The van der Waals surface area contributed by atoms with Crippen molar-refractivity contribution in [3.8, 4) is 11.5 Å². The highest BCUT2D eigenvalue weighted by Crippen LogP contribution is 2.41. The standard InChI is InChI=1S/C14H18O3/c1-3-11-9(2)6-13(17-11)10-4-5-12-14(7-10)16-8-15-12/h4-5,7,9,11,13H,3,6,8H2,1-2H3/t9?,11-,13-/m1/s1. The van der Waals surface area contributed by atoms with Crippen molar-refractivity contribution in [2.75, 3.05) is 6.79 Å². The maximum absolute atomic E-state index is 6.07. The molecular weight excluding hydrogens is 216 g/mol. The molecule has 0 radical (unpaired) electrons. The summed E-state index contributed by atoms with van der Waals surface area (Å²) in [6, 6.07) is 6.12. The number of benzene rings is 1. The van der Waals surface area contributed by atoms with Gasteiger partial charge in [-0.25, -0.2) is 0 Å². The molecular formula is C14H18O3. The Balaban J connectivity index is 1.81. The Morgan fingerprint density at radius 2 is 2.06 bits per heavy atom. The first-order chi connectivity index (χ1) is 8.28. The molecule has 3 atom stereocenters. The van der Waals surface area contributed by atoms with Crippen LogP contribution >= 0.6 is 0 Å². The van der Waals surface area contributed by atoms with Crippen LogP contribution in [0.15, 0.2) is 18.2 Å². The van der Waals surface area contributed by atoms with Crippen LogP contribution in [0.25, 0.3) is 0 Å². The topological polar surface area (TPSA) is 27.7 Å². The van der Waals surface area contributed by atoms with Crippen LogP contribution in [0, 0.1) is 5.92 Å². The normalized spacial score (nSPS) is 30.8. The molecule has 17 heavy (non-hydrogen) atoms. The van der Waals surface area contributed by atoms with Gasteiger partial charge in [-0.2, -0.15) is 0 Å². The number of rotatable bonds is 2. The monoisotopic (exact) mass is 234 g/mol. The van der Waals surface area contributed by atoms with Gasteiger partial charge in [-0.15, -0.1) is 0 Å². The third-order valence-electron chi connectivity index (χ3n) is 3.73. The zero-order valence-corrected chi connectivity index (χ0v) is 10.3. The van der Waals surface area contributed by atoms with Gasteiger partial charge in [0.25, 0.3) is 0 Å². The molecule has 2 heterocycles. The van der Waals surface area contributed by atoms with Gasteiger partial charge in [0.15, 0.2) is 11.5 Å². The van der Waals surface area contributed by atoms with Gasteiger partial charge in [0, 0.05) is 0 Å². The molecule has 1 aromatic carbocycles. The maximum atomic E-state index is 6.07. The lowest BCUT2D eigenvalue weighted by Crippen LogP contribution is -2.10. The van der Waals surface area contributed by atoms with Crippen LogP contribution in [0.2, 0.25) is 0 Å². The molecule has 1 unspecified atom stereocenters. The molecule has 3 rings (SSSR count). The summed E-state index contributed by atoms with van der Waals surface area (Å²) < 4.78 is 16.8. The van der Waals surface area contributed by atoms with Crippen molar-refractivity contribution in [1.29, 1.82) is 0 Å². The van der Waals surface area contributed by atoms with E-state index in [4.69, 9.17) is 14.2 Å². The van der Waals surface area contributed by atoms with Crippen molar-refractivity contribution in [2.45, 2.75) is 38.9 Å². The fourth-order valence-corrected chi connectivity index (χ4v) is 2.72. The first-order valence-corrected chi connectivity index (χ1v) is 6.33. The summed E-state index contributed by atoms with van der Waals surface area (Å²) in [5.41, 5.74) is 1.21. The molecule has 0 spiro atoms. The van der Waals surface area contributed by atoms with Crippen LogP contribution in [-0.4, -0.2) is 12.9 Å². The van der Waals surface area contributed by atoms with E-state index in [0.29, 0.717) is 18.8 Å². The summed E-state index contributed by atoms with van der Waals surface area (Å²) in [5.74, 6) is 2.32. The quantitative estimate of drug-likeness (QED) is 0.785. The molecule has 3 nitrogen and oxygen atoms in total. The van der Waals surface area contributed by atoms with E-state index in [9.17, 15) is 0 Å². The van der Waals surface area contributed by atoms with E-state index in [1.54, 1.807) is 0 Å². The van der Waals surface area contributed by atoms with Crippen LogP contribution in [-0.2, 0) is 4.74 Å². The van der Waals surface area contributed by atoms with E-state index in [0.717, 1.165) is 24.3 Å². The predicted molar refractivity (Wildman–Crippen MR) is 64.3 cm³/mol. The van der Waals surface area contributed by atoms with Crippen LogP contribution in [0.4, 0.5) is 0 Å². The molecule has 2 aliphatic heterocycles. The Morgan fingerprint density at radius 3 is 2.82 bits per heavy atom. The molecule has 2 aliphatic rings. The van der Waals surface area contributed by atoms with Gasteiger partial charge in [-0.3, -0.25) is 0 Å². The van der Waals surface area contributed by atoms with Gasteiger partial charge in [-0.05, 0) is 36.5 Å². The van der Waals surface area contributed by atoms with Crippen molar-refractivity contribution in [1.82, 2.24) is 0 Å².